The highest BCUT2D eigenvalue weighted by atomic mass is 32.2. The molecule has 3 N–H and O–H groups in total. The van der Waals surface area contributed by atoms with E-state index >= 15 is 0 Å². The predicted molar refractivity (Wildman–Crippen MR) is 181 cm³/mol. The number of hydrogen-bond acceptors (Lipinski definition) is 5. The maximum atomic E-state index is 13.5. The molecule has 8 heteroatoms. The zero-order valence-corrected chi connectivity index (χ0v) is 25.9. The van der Waals surface area contributed by atoms with E-state index in [0.29, 0.717) is 11.3 Å². The minimum Gasteiger partial charge on any atom is -0.325 e. The molecule has 0 aliphatic carbocycles. The minimum absolute atomic E-state index is 0.122. The van der Waals surface area contributed by atoms with Gasteiger partial charge in [0.25, 0.3) is 11.8 Å². The van der Waals surface area contributed by atoms with Crippen molar-refractivity contribution < 1.29 is 14.4 Å². The number of aryl methyl sites for hydroxylation is 2. The lowest BCUT2D eigenvalue weighted by atomic mass is 10.1. The summed E-state index contributed by atoms with van der Waals surface area (Å²) in [6.07, 6.45) is 1.66. The molecule has 0 aliphatic rings. The van der Waals surface area contributed by atoms with E-state index < -0.39 is 11.2 Å². The molecule has 6 nitrogen and oxygen atoms in total. The van der Waals surface area contributed by atoms with Gasteiger partial charge in [-0.1, -0.05) is 72.3 Å². The second-order valence-electron chi connectivity index (χ2n) is 10.1. The molecule has 0 radical (unpaired) electrons. The highest BCUT2D eigenvalue weighted by Crippen LogP contribution is 2.37. The van der Waals surface area contributed by atoms with Crippen molar-refractivity contribution in [1.29, 1.82) is 0 Å². The summed E-state index contributed by atoms with van der Waals surface area (Å²) in [6, 6.07) is 35.4. The summed E-state index contributed by atoms with van der Waals surface area (Å²) < 4.78 is 0. The summed E-state index contributed by atoms with van der Waals surface area (Å²) in [5.74, 6) is -0.942. The van der Waals surface area contributed by atoms with E-state index in [9.17, 15) is 14.4 Å². The van der Waals surface area contributed by atoms with Gasteiger partial charge < -0.3 is 16.0 Å². The van der Waals surface area contributed by atoms with E-state index in [1.807, 2.05) is 98.1 Å². The monoisotopic (exact) mass is 617 g/mol. The van der Waals surface area contributed by atoms with Crippen molar-refractivity contribution in [3.05, 3.63) is 153 Å². The van der Waals surface area contributed by atoms with E-state index in [1.165, 1.54) is 23.1 Å². The molecule has 5 rings (SSSR count). The number of thioether (sulfide) groups is 1. The Balaban J connectivity index is 1.31. The highest BCUT2D eigenvalue weighted by molar-refractivity contribution is 8.00. The molecule has 0 fully saturated rings. The number of amides is 3. The largest absolute Gasteiger partial charge is 0.325 e. The standard InChI is InChI=1S/C36H31N3O3S2/c1-24-15-20-31(25(2)22-24)38-36(42)33(26-10-5-3-6-11-26)44-29-18-16-28(17-19-29)37-35(41)32(23-30-14-9-21-43-30)39-34(40)27-12-7-4-8-13-27/h3-23,33H,1-2H3,(H,37,41)(H,38,42)(H,39,40)/b32-23-. The van der Waals surface area contributed by atoms with Gasteiger partial charge >= 0.3 is 0 Å². The molecule has 3 amide bonds. The molecule has 1 aromatic heterocycles. The molecular formula is C36H31N3O3S2. The Morgan fingerprint density at radius 3 is 2.14 bits per heavy atom. The molecule has 0 spiro atoms. The Morgan fingerprint density at radius 1 is 0.773 bits per heavy atom. The first-order valence-corrected chi connectivity index (χ1v) is 15.7. The van der Waals surface area contributed by atoms with E-state index in [1.54, 1.807) is 42.5 Å². The van der Waals surface area contributed by atoms with Crippen LogP contribution in [0.2, 0.25) is 0 Å². The third kappa shape index (κ3) is 8.12. The lowest BCUT2D eigenvalue weighted by molar-refractivity contribution is -0.116. The topological polar surface area (TPSA) is 87.3 Å². The van der Waals surface area contributed by atoms with Crippen LogP contribution in [0.3, 0.4) is 0 Å². The SMILES string of the molecule is Cc1ccc(NC(=O)C(Sc2ccc(NC(=O)/C(=C/c3cccs3)NC(=O)c3ccccc3)cc2)c2ccccc2)c(C)c1. The first-order chi connectivity index (χ1) is 21.4. The summed E-state index contributed by atoms with van der Waals surface area (Å²) in [4.78, 5) is 41.4. The number of benzene rings is 4. The lowest BCUT2D eigenvalue weighted by Gasteiger charge is -2.18. The minimum atomic E-state index is -0.495. The maximum Gasteiger partial charge on any atom is 0.272 e. The van der Waals surface area contributed by atoms with Crippen molar-refractivity contribution in [1.82, 2.24) is 5.32 Å². The van der Waals surface area contributed by atoms with Gasteiger partial charge in [-0.2, -0.15) is 0 Å². The molecule has 4 aromatic carbocycles. The van der Waals surface area contributed by atoms with Crippen molar-refractivity contribution in [3.63, 3.8) is 0 Å². The molecule has 1 atom stereocenters. The Kier molecular flexibility index (Phi) is 10.1. The molecule has 1 unspecified atom stereocenters. The van der Waals surface area contributed by atoms with Crippen LogP contribution in [0.5, 0.6) is 0 Å². The number of anilines is 2. The van der Waals surface area contributed by atoms with Gasteiger partial charge in [0, 0.05) is 26.7 Å². The van der Waals surface area contributed by atoms with Crippen LogP contribution in [-0.2, 0) is 9.59 Å². The molecule has 1 heterocycles. The van der Waals surface area contributed by atoms with Crippen molar-refractivity contribution in [2.75, 3.05) is 10.6 Å². The first-order valence-electron chi connectivity index (χ1n) is 14.0. The fourth-order valence-electron chi connectivity index (χ4n) is 4.46. The number of carbonyl (C=O) groups is 3. The maximum absolute atomic E-state index is 13.5. The molecule has 0 saturated carbocycles. The summed E-state index contributed by atoms with van der Waals surface area (Å²) >= 11 is 2.89. The molecule has 5 aromatic rings. The number of rotatable bonds is 10. The Bertz CT molecular complexity index is 1770. The van der Waals surface area contributed by atoms with Crippen LogP contribution in [0.4, 0.5) is 11.4 Å². The number of thiophene rings is 1. The molecule has 44 heavy (non-hydrogen) atoms. The van der Waals surface area contributed by atoms with E-state index in [4.69, 9.17) is 0 Å². The first kappa shape index (κ1) is 30.5. The van der Waals surface area contributed by atoms with Crippen LogP contribution in [0.15, 0.2) is 131 Å². The molecule has 0 bridgehead atoms. The van der Waals surface area contributed by atoms with Gasteiger partial charge in [-0.3, -0.25) is 14.4 Å². The summed E-state index contributed by atoms with van der Waals surface area (Å²) in [6.45, 7) is 4.00. The summed E-state index contributed by atoms with van der Waals surface area (Å²) in [7, 11) is 0. The van der Waals surface area contributed by atoms with Gasteiger partial charge in [0.2, 0.25) is 5.91 Å². The quantitative estimate of drug-likeness (QED) is 0.109. The van der Waals surface area contributed by atoms with Crippen molar-refractivity contribution in [2.45, 2.75) is 24.0 Å². The average molecular weight is 618 g/mol. The van der Waals surface area contributed by atoms with Crippen molar-refractivity contribution in [3.8, 4) is 0 Å². The van der Waals surface area contributed by atoms with Crippen LogP contribution in [0.1, 0.15) is 37.2 Å². The second kappa shape index (κ2) is 14.5. The number of carbonyl (C=O) groups excluding carboxylic acids is 3. The Hall–Kier alpha value is -4.92. The normalized spacial score (nSPS) is 11.8. The Morgan fingerprint density at radius 2 is 1.48 bits per heavy atom. The lowest BCUT2D eigenvalue weighted by Crippen LogP contribution is -2.30. The van der Waals surface area contributed by atoms with Crippen molar-refractivity contribution in [2.24, 2.45) is 0 Å². The van der Waals surface area contributed by atoms with Gasteiger partial charge in [-0.15, -0.1) is 23.1 Å². The highest BCUT2D eigenvalue weighted by Gasteiger charge is 2.23. The molecule has 0 saturated heterocycles. The fraction of sp³-hybridized carbons (Fsp3) is 0.0833. The van der Waals surface area contributed by atoms with Crippen LogP contribution < -0.4 is 16.0 Å². The number of nitrogens with one attached hydrogen (secondary N) is 3. The molecule has 220 valence electrons. The van der Waals surface area contributed by atoms with Crippen molar-refractivity contribution >= 4 is 58.3 Å². The Labute approximate surface area is 265 Å². The summed E-state index contributed by atoms with van der Waals surface area (Å²) in [5.41, 5.74) is 4.94. The zero-order chi connectivity index (χ0) is 30.9. The summed E-state index contributed by atoms with van der Waals surface area (Å²) in [5, 5.41) is 10.1. The third-order valence-corrected chi connectivity index (χ3v) is 8.79. The van der Waals surface area contributed by atoms with Gasteiger partial charge in [0.1, 0.15) is 10.9 Å². The van der Waals surface area contributed by atoms with Crippen LogP contribution >= 0.6 is 23.1 Å². The van der Waals surface area contributed by atoms with E-state index in [2.05, 4.69) is 16.0 Å². The third-order valence-electron chi connectivity index (χ3n) is 6.70. The van der Waals surface area contributed by atoms with E-state index in [0.717, 1.165) is 32.2 Å². The van der Waals surface area contributed by atoms with Crippen LogP contribution in [0, 0.1) is 13.8 Å². The fourth-order valence-corrected chi connectivity index (χ4v) is 6.14. The van der Waals surface area contributed by atoms with Gasteiger partial charge in [0.05, 0.1) is 0 Å². The van der Waals surface area contributed by atoms with Gasteiger partial charge in [-0.05, 0) is 85.0 Å². The number of hydrogen-bond donors (Lipinski definition) is 3. The molecule has 0 aliphatic heterocycles. The molecular weight excluding hydrogens is 587 g/mol. The van der Waals surface area contributed by atoms with E-state index in [-0.39, 0.29) is 17.5 Å². The average Bonchev–Trinajstić information content (AvgIpc) is 3.55. The van der Waals surface area contributed by atoms with Crippen LogP contribution in [-0.4, -0.2) is 17.7 Å². The predicted octanol–water partition coefficient (Wildman–Crippen LogP) is 8.25. The van der Waals surface area contributed by atoms with Gasteiger partial charge in [0.15, 0.2) is 0 Å². The second-order valence-corrected chi connectivity index (χ2v) is 12.2. The smallest absolute Gasteiger partial charge is 0.272 e. The van der Waals surface area contributed by atoms with Gasteiger partial charge in [-0.25, -0.2) is 0 Å². The zero-order valence-electron chi connectivity index (χ0n) is 24.2. The van der Waals surface area contributed by atoms with Crippen LogP contribution in [0.25, 0.3) is 6.08 Å².